The van der Waals surface area contributed by atoms with Gasteiger partial charge in [-0.2, -0.15) is 0 Å². The molecule has 0 aliphatic carbocycles. The molecule has 2 aromatic carbocycles. The van der Waals surface area contributed by atoms with Crippen LogP contribution in [0.1, 0.15) is 23.5 Å². The number of nitrogens with zero attached hydrogens (tertiary/aromatic N) is 2. The first kappa shape index (κ1) is 18.9. The van der Waals surface area contributed by atoms with Crippen molar-refractivity contribution in [3.05, 3.63) is 70.7 Å². The van der Waals surface area contributed by atoms with Crippen molar-refractivity contribution < 1.29 is 9.90 Å². The van der Waals surface area contributed by atoms with Crippen molar-refractivity contribution in [2.24, 2.45) is 0 Å². The van der Waals surface area contributed by atoms with E-state index < -0.39 is 0 Å². The molecule has 0 spiro atoms. The van der Waals surface area contributed by atoms with E-state index in [1.807, 2.05) is 47.4 Å². The van der Waals surface area contributed by atoms with Gasteiger partial charge in [0.25, 0.3) is 0 Å². The number of aliphatic hydroxyl groups excluding tert-OH is 1. The molecular formula is C21H25ClN2O2. The SMILES string of the molecule is O=C(C[C@@H](c1ccccc1)c1cccc(Cl)c1)N1CCN(CCO)CC1. The maximum Gasteiger partial charge on any atom is 0.223 e. The Bertz CT molecular complexity index is 715. The van der Waals surface area contributed by atoms with Gasteiger partial charge in [-0.1, -0.05) is 54.1 Å². The Balaban J connectivity index is 1.73. The average Bonchev–Trinajstić information content (AvgIpc) is 2.67. The third-order valence-corrected chi connectivity index (χ3v) is 5.21. The van der Waals surface area contributed by atoms with E-state index >= 15 is 0 Å². The lowest BCUT2D eigenvalue weighted by molar-refractivity contribution is -0.133. The Labute approximate surface area is 160 Å². The van der Waals surface area contributed by atoms with Gasteiger partial charge in [0.1, 0.15) is 0 Å². The molecule has 26 heavy (non-hydrogen) atoms. The minimum atomic E-state index is -0.00197. The van der Waals surface area contributed by atoms with Gasteiger partial charge in [-0.05, 0) is 23.3 Å². The van der Waals surface area contributed by atoms with E-state index in [0.29, 0.717) is 18.0 Å². The molecule has 1 atom stereocenters. The minimum Gasteiger partial charge on any atom is -0.395 e. The van der Waals surface area contributed by atoms with Gasteiger partial charge in [-0.3, -0.25) is 9.69 Å². The Morgan fingerprint density at radius 3 is 2.35 bits per heavy atom. The van der Waals surface area contributed by atoms with Crippen molar-refractivity contribution in [1.82, 2.24) is 9.80 Å². The summed E-state index contributed by atoms with van der Waals surface area (Å²) in [4.78, 5) is 17.1. The maximum atomic E-state index is 12.9. The molecule has 1 heterocycles. The predicted octanol–water partition coefficient (Wildman–Crippen LogP) is 3.00. The maximum absolute atomic E-state index is 12.9. The number of β-amino-alcohol motifs (C(OH)–C–C–N with tert-alkyl or cyclic N) is 1. The van der Waals surface area contributed by atoms with E-state index in [2.05, 4.69) is 17.0 Å². The Hall–Kier alpha value is -1.88. The predicted molar refractivity (Wildman–Crippen MR) is 104 cm³/mol. The standard InChI is InChI=1S/C21H25ClN2O2/c22-19-8-4-7-18(15-19)20(17-5-2-1-3-6-17)16-21(26)24-11-9-23(10-12-24)13-14-25/h1-8,15,20,25H,9-14,16H2/t20-/m0/s1. The quantitative estimate of drug-likeness (QED) is 0.847. The van der Waals surface area contributed by atoms with Crippen molar-refractivity contribution in [2.75, 3.05) is 39.3 Å². The van der Waals surface area contributed by atoms with E-state index in [1.165, 1.54) is 0 Å². The molecule has 5 heteroatoms. The van der Waals surface area contributed by atoms with Crippen molar-refractivity contribution >= 4 is 17.5 Å². The summed E-state index contributed by atoms with van der Waals surface area (Å²) in [5, 5.41) is 9.74. The van der Waals surface area contributed by atoms with Gasteiger partial charge in [0.2, 0.25) is 5.91 Å². The number of halogens is 1. The van der Waals surface area contributed by atoms with Gasteiger partial charge in [0.15, 0.2) is 0 Å². The van der Waals surface area contributed by atoms with Crippen LogP contribution in [0.4, 0.5) is 0 Å². The monoisotopic (exact) mass is 372 g/mol. The third-order valence-electron chi connectivity index (χ3n) is 4.97. The Morgan fingerprint density at radius 1 is 1.00 bits per heavy atom. The molecule has 3 rings (SSSR count). The lowest BCUT2D eigenvalue weighted by Crippen LogP contribution is -2.49. The summed E-state index contributed by atoms with van der Waals surface area (Å²) in [5.41, 5.74) is 2.19. The molecule has 1 saturated heterocycles. The van der Waals surface area contributed by atoms with Gasteiger partial charge in [-0.25, -0.2) is 0 Å². The molecule has 4 nitrogen and oxygen atoms in total. The highest BCUT2D eigenvalue weighted by Crippen LogP contribution is 2.30. The van der Waals surface area contributed by atoms with Crippen LogP contribution in [0.3, 0.4) is 0 Å². The number of piperazine rings is 1. The Morgan fingerprint density at radius 2 is 1.69 bits per heavy atom. The normalized spacial score (nSPS) is 16.5. The first-order valence-corrected chi connectivity index (χ1v) is 9.46. The van der Waals surface area contributed by atoms with Crippen molar-refractivity contribution in [3.8, 4) is 0 Å². The summed E-state index contributed by atoms with van der Waals surface area (Å²) in [5.74, 6) is 0.167. The fourth-order valence-corrected chi connectivity index (χ4v) is 3.70. The van der Waals surface area contributed by atoms with Crippen LogP contribution in [0, 0.1) is 0 Å². The second-order valence-electron chi connectivity index (χ2n) is 6.67. The number of carbonyl (C=O) groups excluding carboxylic acids is 1. The second kappa shape index (κ2) is 9.17. The van der Waals surface area contributed by atoms with Gasteiger partial charge < -0.3 is 10.0 Å². The molecule has 1 N–H and O–H groups in total. The van der Waals surface area contributed by atoms with E-state index in [9.17, 15) is 4.79 Å². The smallest absolute Gasteiger partial charge is 0.223 e. The second-order valence-corrected chi connectivity index (χ2v) is 7.10. The fraction of sp³-hybridized carbons (Fsp3) is 0.381. The summed E-state index contributed by atoms with van der Waals surface area (Å²) in [7, 11) is 0. The first-order valence-electron chi connectivity index (χ1n) is 9.09. The highest BCUT2D eigenvalue weighted by molar-refractivity contribution is 6.30. The highest BCUT2D eigenvalue weighted by atomic mass is 35.5. The van der Waals surface area contributed by atoms with Crippen LogP contribution in [-0.4, -0.2) is 60.1 Å². The zero-order chi connectivity index (χ0) is 18.4. The Kier molecular flexibility index (Phi) is 6.67. The summed E-state index contributed by atoms with van der Waals surface area (Å²) < 4.78 is 0. The summed E-state index contributed by atoms with van der Waals surface area (Å²) >= 11 is 6.19. The molecule has 2 aromatic rings. The van der Waals surface area contributed by atoms with Gasteiger partial charge in [-0.15, -0.1) is 0 Å². The van der Waals surface area contributed by atoms with Crippen LogP contribution in [0.2, 0.25) is 5.02 Å². The topological polar surface area (TPSA) is 43.8 Å². The average molecular weight is 373 g/mol. The van der Waals surface area contributed by atoms with E-state index in [-0.39, 0.29) is 18.4 Å². The minimum absolute atomic E-state index is 0.00197. The molecule has 0 aromatic heterocycles. The van der Waals surface area contributed by atoms with Gasteiger partial charge in [0, 0.05) is 50.1 Å². The van der Waals surface area contributed by atoms with Crippen molar-refractivity contribution in [2.45, 2.75) is 12.3 Å². The van der Waals surface area contributed by atoms with Crippen LogP contribution in [0.15, 0.2) is 54.6 Å². The van der Waals surface area contributed by atoms with Crippen molar-refractivity contribution in [1.29, 1.82) is 0 Å². The number of amides is 1. The summed E-state index contributed by atoms with van der Waals surface area (Å²) in [6, 6.07) is 17.9. The number of benzene rings is 2. The lowest BCUT2D eigenvalue weighted by Gasteiger charge is -2.35. The van der Waals surface area contributed by atoms with Crippen LogP contribution in [-0.2, 0) is 4.79 Å². The zero-order valence-electron chi connectivity index (χ0n) is 14.9. The largest absolute Gasteiger partial charge is 0.395 e. The molecule has 1 aliphatic heterocycles. The molecule has 0 radical (unpaired) electrons. The van der Waals surface area contributed by atoms with Crippen LogP contribution >= 0.6 is 11.6 Å². The number of hydrogen-bond donors (Lipinski definition) is 1. The molecule has 1 fully saturated rings. The number of hydrogen-bond acceptors (Lipinski definition) is 3. The lowest BCUT2D eigenvalue weighted by atomic mass is 9.88. The molecular weight excluding hydrogens is 348 g/mol. The fourth-order valence-electron chi connectivity index (χ4n) is 3.50. The van der Waals surface area contributed by atoms with Crippen molar-refractivity contribution in [3.63, 3.8) is 0 Å². The number of aliphatic hydroxyl groups is 1. The summed E-state index contributed by atoms with van der Waals surface area (Å²) in [6.45, 7) is 3.92. The van der Waals surface area contributed by atoms with E-state index in [0.717, 1.165) is 37.3 Å². The van der Waals surface area contributed by atoms with Crippen LogP contribution in [0.25, 0.3) is 0 Å². The third kappa shape index (κ3) is 4.85. The highest BCUT2D eigenvalue weighted by Gasteiger charge is 2.25. The zero-order valence-corrected chi connectivity index (χ0v) is 15.6. The summed E-state index contributed by atoms with van der Waals surface area (Å²) in [6.07, 6.45) is 0.435. The van der Waals surface area contributed by atoms with Crippen LogP contribution in [0.5, 0.6) is 0 Å². The number of carbonyl (C=O) groups is 1. The van der Waals surface area contributed by atoms with E-state index in [1.54, 1.807) is 0 Å². The molecule has 0 bridgehead atoms. The first-order chi connectivity index (χ1) is 12.7. The molecule has 138 valence electrons. The number of rotatable bonds is 6. The van der Waals surface area contributed by atoms with Crippen LogP contribution < -0.4 is 0 Å². The molecule has 0 unspecified atom stereocenters. The molecule has 0 saturated carbocycles. The van der Waals surface area contributed by atoms with Gasteiger partial charge in [0.05, 0.1) is 6.61 Å². The van der Waals surface area contributed by atoms with Gasteiger partial charge >= 0.3 is 0 Å². The molecule has 1 aliphatic rings. The molecule has 1 amide bonds. The van der Waals surface area contributed by atoms with E-state index in [4.69, 9.17) is 16.7 Å².